The van der Waals surface area contributed by atoms with Gasteiger partial charge in [0.1, 0.15) is 11.3 Å². The molecular formula is C34H32Cl2N6O5. The lowest BCUT2D eigenvalue weighted by Gasteiger charge is -2.23. The van der Waals surface area contributed by atoms with E-state index in [-0.39, 0.29) is 11.1 Å². The van der Waals surface area contributed by atoms with E-state index in [2.05, 4.69) is 25.6 Å². The number of para-hydroxylation sites is 2. The highest BCUT2D eigenvalue weighted by atomic mass is 35.5. The summed E-state index contributed by atoms with van der Waals surface area (Å²) in [5, 5.41) is 10.5. The third kappa shape index (κ3) is 7.76. The van der Waals surface area contributed by atoms with Gasteiger partial charge in [0.25, 0.3) is 0 Å². The minimum Gasteiger partial charge on any atom is -0.494 e. The van der Waals surface area contributed by atoms with Gasteiger partial charge < -0.3 is 36.1 Å². The van der Waals surface area contributed by atoms with Crippen LogP contribution in [0.4, 0.5) is 38.0 Å². The molecule has 13 heteroatoms. The normalized spacial score (nSPS) is 10.8. The Labute approximate surface area is 280 Å². The number of alkyl halides is 2. The fourth-order valence-corrected chi connectivity index (χ4v) is 5.68. The van der Waals surface area contributed by atoms with Crippen LogP contribution in [0.25, 0.3) is 21.8 Å². The van der Waals surface area contributed by atoms with Crippen LogP contribution in [0, 0.1) is 6.92 Å². The van der Waals surface area contributed by atoms with Crippen LogP contribution in [-0.2, 0) is 4.74 Å². The van der Waals surface area contributed by atoms with Crippen molar-refractivity contribution in [2.24, 2.45) is 5.73 Å². The van der Waals surface area contributed by atoms with E-state index in [0.29, 0.717) is 69.6 Å². The molecule has 5 rings (SSSR count). The van der Waals surface area contributed by atoms with E-state index in [9.17, 15) is 14.4 Å². The molecule has 1 aromatic heterocycles. The Balaban J connectivity index is 1.44. The zero-order valence-electron chi connectivity index (χ0n) is 25.6. The van der Waals surface area contributed by atoms with Crippen molar-refractivity contribution in [2.45, 2.75) is 6.92 Å². The minimum absolute atomic E-state index is 0.0549. The van der Waals surface area contributed by atoms with Crippen molar-refractivity contribution in [3.05, 3.63) is 90.0 Å². The monoisotopic (exact) mass is 674 g/mol. The number of amides is 3. The van der Waals surface area contributed by atoms with Gasteiger partial charge >= 0.3 is 18.1 Å². The summed E-state index contributed by atoms with van der Waals surface area (Å²) in [5.74, 6) is 0.497. The average Bonchev–Trinajstić information content (AvgIpc) is 3.03. The number of fused-ring (bicyclic) bond motifs is 2. The Kier molecular flexibility index (Phi) is 10.5. The van der Waals surface area contributed by atoms with Crippen molar-refractivity contribution >= 4 is 91.5 Å². The number of rotatable bonds is 11. The smallest absolute Gasteiger partial charge is 0.412 e. The molecule has 0 aliphatic heterocycles. The van der Waals surface area contributed by atoms with Gasteiger partial charge in [-0.1, -0.05) is 24.3 Å². The molecule has 5 N–H and O–H groups in total. The van der Waals surface area contributed by atoms with Crippen molar-refractivity contribution in [3.8, 4) is 5.75 Å². The first kappa shape index (κ1) is 33.1. The highest BCUT2D eigenvalue weighted by Crippen LogP contribution is 2.38. The molecule has 0 aliphatic rings. The number of primary amides is 1. The number of carbonyl (C=O) groups excluding carboxylic acids is 3. The van der Waals surface area contributed by atoms with Crippen LogP contribution in [-0.4, -0.2) is 55.0 Å². The molecule has 0 spiro atoms. The fraction of sp³-hybridized carbons (Fsp3) is 0.176. The average molecular weight is 676 g/mol. The van der Waals surface area contributed by atoms with Gasteiger partial charge in [0, 0.05) is 58.4 Å². The van der Waals surface area contributed by atoms with Gasteiger partial charge in [0.2, 0.25) is 0 Å². The molecule has 0 unspecified atom stereocenters. The van der Waals surface area contributed by atoms with E-state index in [1.54, 1.807) is 24.3 Å². The van der Waals surface area contributed by atoms with Crippen LogP contribution in [0.1, 0.15) is 15.9 Å². The first-order valence-corrected chi connectivity index (χ1v) is 15.6. The largest absolute Gasteiger partial charge is 0.494 e. The van der Waals surface area contributed by atoms with Crippen molar-refractivity contribution < 1.29 is 23.9 Å². The maximum Gasteiger partial charge on any atom is 0.412 e. The van der Waals surface area contributed by atoms with Crippen LogP contribution in [0.2, 0.25) is 0 Å². The first-order chi connectivity index (χ1) is 22.7. The van der Waals surface area contributed by atoms with Gasteiger partial charge in [0.15, 0.2) is 0 Å². The highest BCUT2D eigenvalue weighted by molar-refractivity contribution is 6.19. The molecule has 5 aromatic rings. The van der Waals surface area contributed by atoms with Crippen LogP contribution in [0.15, 0.2) is 78.9 Å². The molecule has 1 heterocycles. The summed E-state index contributed by atoms with van der Waals surface area (Å²) < 4.78 is 10.2. The molecule has 0 bridgehead atoms. The number of esters is 1. The molecule has 3 amide bonds. The number of nitrogens with one attached hydrogen (secondary N) is 3. The van der Waals surface area contributed by atoms with E-state index >= 15 is 0 Å². The summed E-state index contributed by atoms with van der Waals surface area (Å²) in [4.78, 5) is 43.9. The van der Waals surface area contributed by atoms with Crippen LogP contribution >= 0.6 is 23.2 Å². The maximum absolute atomic E-state index is 13.0. The van der Waals surface area contributed by atoms with Crippen LogP contribution in [0.5, 0.6) is 5.75 Å². The number of urea groups is 1. The van der Waals surface area contributed by atoms with Gasteiger partial charge in [0.05, 0.1) is 23.9 Å². The number of anilines is 5. The third-order valence-corrected chi connectivity index (χ3v) is 7.57. The number of ether oxygens (including phenoxy) is 2. The lowest BCUT2D eigenvalue weighted by Crippen LogP contribution is -2.27. The lowest BCUT2D eigenvalue weighted by atomic mass is 10.0. The molecule has 242 valence electrons. The second-order valence-corrected chi connectivity index (χ2v) is 11.2. The zero-order chi connectivity index (χ0) is 33.5. The van der Waals surface area contributed by atoms with Gasteiger partial charge in [-0.25, -0.2) is 19.4 Å². The number of nitrogens with two attached hydrogens (primary N) is 1. The number of hydrogen-bond donors (Lipinski definition) is 4. The Hall–Kier alpha value is -5.26. The van der Waals surface area contributed by atoms with Gasteiger partial charge in [-0.2, -0.15) is 0 Å². The first-order valence-electron chi connectivity index (χ1n) is 14.6. The fourth-order valence-electron chi connectivity index (χ4n) is 5.27. The van der Waals surface area contributed by atoms with Crippen LogP contribution < -0.4 is 31.3 Å². The number of pyridine rings is 1. The highest BCUT2D eigenvalue weighted by Gasteiger charge is 2.20. The number of methoxy groups -OCH3 is 1. The molecule has 0 fully saturated rings. The number of aryl methyl sites for hydroxylation is 1. The van der Waals surface area contributed by atoms with Gasteiger partial charge in [-0.3, -0.25) is 0 Å². The molecule has 47 heavy (non-hydrogen) atoms. The summed E-state index contributed by atoms with van der Waals surface area (Å²) in [6.07, 6.45) is -1.22. The second-order valence-electron chi connectivity index (χ2n) is 10.5. The molecular weight excluding hydrogens is 643 g/mol. The predicted octanol–water partition coefficient (Wildman–Crippen LogP) is 7.61. The number of aromatic nitrogens is 1. The molecule has 4 aromatic carbocycles. The molecule has 0 atom stereocenters. The zero-order valence-corrected chi connectivity index (χ0v) is 27.1. The van der Waals surface area contributed by atoms with Crippen molar-refractivity contribution in [1.29, 1.82) is 0 Å². The Morgan fingerprint density at radius 3 is 2.13 bits per heavy atom. The number of benzene rings is 4. The van der Waals surface area contributed by atoms with E-state index < -0.39 is 18.1 Å². The maximum atomic E-state index is 13.0. The number of halogens is 2. The number of carbonyl (C=O) groups is 3. The number of nitrogens with zero attached hydrogens (tertiary/aromatic N) is 2. The van der Waals surface area contributed by atoms with Crippen molar-refractivity contribution in [3.63, 3.8) is 0 Å². The van der Waals surface area contributed by atoms with E-state index in [1.165, 1.54) is 13.2 Å². The second kappa shape index (κ2) is 14.9. The van der Waals surface area contributed by atoms with E-state index in [0.717, 1.165) is 11.3 Å². The topological polar surface area (TPSA) is 148 Å². The Morgan fingerprint density at radius 1 is 0.830 bits per heavy atom. The SMILES string of the molecule is COc1cccc2c(Nc3cc(C)cc(NC(=O)Nc4ccc(N(CCCl)CCCl)cc4)c3)c3cccc(C(=O)OC(N)=O)c3nc12. The minimum atomic E-state index is -1.22. The van der Waals surface area contributed by atoms with Crippen LogP contribution in [0.3, 0.4) is 0 Å². The molecule has 0 saturated heterocycles. The molecule has 11 nitrogen and oxygen atoms in total. The summed E-state index contributed by atoms with van der Waals surface area (Å²) in [7, 11) is 1.52. The quantitative estimate of drug-likeness (QED) is 0.0484. The molecule has 0 saturated carbocycles. The summed E-state index contributed by atoms with van der Waals surface area (Å²) in [6, 6.07) is 23.0. The predicted molar refractivity (Wildman–Crippen MR) is 188 cm³/mol. The molecule has 0 aliphatic carbocycles. The van der Waals surface area contributed by atoms with Gasteiger partial charge in [-0.05, 0) is 67.1 Å². The Bertz CT molecular complexity index is 1950. The van der Waals surface area contributed by atoms with E-state index in [1.807, 2.05) is 55.5 Å². The van der Waals surface area contributed by atoms with Crippen molar-refractivity contribution in [1.82, 2.24) is 4.98 Å². The standard InChI is InChI=1S/C34H32Cl2N6O5/c1-20-17-22(19-23(18-20)40-34(45)39-21-9-11-24(12-10-21)42(15-13-35)16-14-36)38-29-25-5-3-7-27(32(43)47-33(37)44)30(25)41-31-26(29)6-4-8-28(31)46-2/h3-12,17-19H,13-16H2,1-2H3,(H2,37,44)(H,38,41)(H2,39,40,45). The summed E-state index contributed by atoms with van der Waals surface area (Å²) >= 11 is 11.9. The summed E-state index contributed by atoms with van der Waals surface area (Å²) in [6.45, 7) is 3.23. The third-order valence-electron chi connectivity index (χ3n) is 7.23. The molecule has 0 radical (unpaired) electrons. The van der Waals surface area contributed by atoms with E-state index in [4.69, 9.17) is 38.7 Å². The Morgan fingerprint density at radius 2 is 1.47 bits per heavy atom. The van der Waals surface area contributed by atoms with Gasteiger partial charge in [-0.15, -0.1) is 23.2 Å². The number of hydrogen-bond acceptors (Lipinski definition) is 8. The van der Waals surface area contributed by atoms with Crippen molar-refractivity contribution in [2.75, 3.05) is 52.8 Å². The lowest BCUT2D eigenvalue weighted by molar-refractivity contribution is 0.0640. The summed E-state index contributed by atoms with van der Waals surface area (Å²) in [5.41, 5.74) is 10.2.